The van der Waals surface area contributed by atoms with E-state index in [2.05, 4.69) is 4.98 Å². The third kappa shape index (κ3) is 1.54. The molecule has 0 bridgehead atoms. The fraction of sp³-hybridized carbons (Fsp3) is 0. The van der Waals surface area contributed by atoms with Crippen LogP contribution in [0.15, 0.2) is 28.7 Å². The third-order valence-corrected chi connectivity index (χ3v) is 3.68. The van der Waals surface area contributed by atoms with Crippen LogP contribution in [0.5, 0.6) is 0 Å². The molecule has 2 aromatic rings. The Balaban J connectivity index is 2.91. The van der Waals surface area contributed by atoms with Gasteiger partial charge in [-0.3, -0.25) is 0 Å². The Labute approximate surface area is 83.4 Å². The predicted octanol–water partition coefficient (Wildman–Crippen LogP) is 2.22. The van der Waals surface area contributed by atoms with E-state index in [1.807, 2.05) is 0 Å². The van der Waals surface area contributed by atoms with Gasteiger partial charge in [0.15, 0.2) is 5.03 Å². The van der Waals surface area contributed by atoms with Gasteiger partial charge in [-0.25, -0.2) is 13.4 Å². The van der Waals surface area contributed by atoms with Crippen LogP contribution in [0.4, 0.5) is 0 Å². The quantitative estimate of drug-likeness (QED) is 0.710. The molecule has 0 radical (unpaired) electrons. The zero-order valence-electron chi connectivity index (χ0n) is 6.27. The van der Waals surface area contributed by atoms with Gasteiger partial charge in [0.25, 0.3) is 9.05 Å². The summed E-state index contributed by atoms with van der Waals surface area (Å²) in [7, 11) is 1.48. The summed E-state index contributed by atoms with van der Waals surface area (Å²) in [5.74, 6) is 0. The van der Waals surface area contributed by atoms with E-state index in [4.69, 9.17) is 10.7 Å². The van der Waals surface area contributed by atoms with Gasteiger partial charge < -0.3 is 0 Å². The van der Waals surface area contributed by atoms with Crippen molar-refractivity contribution >= 4 is 41.2 Å². The number of aromatic nitrogens is 1. The lowest BCUT2D eigenvalue weighted by atomic mass is 10.3. The van der Waals surface area contributed by atoms with Crippen LogP contribution >= 0.6 is 22.0 Å². The van der Waals surface area contributed by atoms with Gasteiger partial charge in [-0.2, -0.15) is 0 Å². The van der Waals surface area contributed by atoms with Crippen LogP contribution < -0.4 is 0 Å². The molecule has 2 aromatic heterocycles. The van der Waals surface area contributed by atoms with Crippen LogP contribution in [-0.2, 0) is 9.05 Å². The SMILES string of the molecule is O=S(=O)(Cl)c1nccc2sccc12. The van der Waals surface area contributed by atoms with E-state index in [0.717, 1.165) is 4.70 Å². The molecule has 0 N–H and O–H groups in total. The number of halogens is 1. The molecule has 0 amide bonds. The zero-order valence-corrected chi connectivity index (χ0v) is 8.66. The van der Waals surface area contributed by atoms with E-state index >= 15 is 0 Å². The van der Waals surface area contributed by atoms with Crippen LogP contribution in [-0.4, -0.2) is 13.4 Å². The topological polar surface area (TPSA) is 47.0 Å². The van der Waals surface area contributed by atoms with Crippen molar-refractivity contribution in [2.45, 2.75) is 5.03 Å². The molecule has 13 heavy (non-hydrogen) atoms. The maximum atomic E-state index is 11.1. The molecule has 2 rings (SSSR count). The Hall–Kier alpha value is -0.650. The Morgan fingerprint density at radius 1 is 1.38 bits per heavy atom. The average Bonchev–Trinajstić information content (AvgIpc) is 2.48. The normalized spacial score (nSPS) is 12.1. The van der Waals surface area contributed by atoms with Crippen LogP contribution in [0.1, 0.15) is 0 Å². The molecule has 0 atom stereocenters. The number of thiophene rings is 1. The highest BCUT2D eigenvalue weighted by atomic mass is 35.7. The minimum atomic E-state index is -3.73. The summed E-state index contributed by atoms with van der Waals surface area (Å²) >= 11 is 1.45. The zero-order chi connectivity index (χ0) is 9.47. The highest BCUT2D eigenvalue weighted by Crippen LogP contribution is 2.27. The molecule has 0 saturated heterocycles. The second-order valence-electron chi connectivity index (χ2n) is 2.39. The Morgan fingerprint density at radius 3 is 2.85 bits per heavy atom. The van der Waals surface area contributed by atoms with Gasteiger partial charge >= 0.3 is 0 Å². The number of nitrogens with zero attached hydrogens (tertiary/aromatic N) is 1. The summed E-state index contributed by atoms with van der Waals surface area (Å²) in [4.78, 5) is 3.74. The van der Waals surface area contributed by atoms with E-state index in [-0.39, 0.29) is 5.03 Å². The first kappa shape index (κ1) is 8.93. The Bertz CT molecular complexity index is 546. The van der Waals surface area contributed by atoms with Crippen molar-refractivity contribution in [3.8, 4) is 0 Å². The predicted molar refractivity (Wildman–Crippen MR) is 52.7 cm³/mol. The monoisotopic (exact) mass is 233 g/mol. The molecule has 0 aliphatic heterocycles. The molecule has 3 nitrogen and oxygen atoms in total. The second-order valence-corrected chi connectivity index (χ2v) is 5.82. The highest BCUT2D eigenvalue weighted by molar-refractivity contribution is 8.13. The molecular weight excluding hydrogens is 230 g/mol. The maximum absolute atomic E-state index is 11.1. The van der Waals surface area contributed by atoms with E-state index in [0.29, 0.717) is 5.39 Å². The van der Waals surface area contributed by atoms with Crippen molar-refractivity contribution in [1.82, 2.24) is 4.98 Å². The minimum Gasteiger partial charge on any atom is -0.243 e. The highest BCUT2D eigenvalue weighted by Gasteiger charge is 2.15. The molecule has 6 heteroatoms. The minimum absolute atomic E-state index is 0.0621. The van der Waals surface area contributed by atoms with E-state index < -0.39 is 9.05 Å². The first-order valence-corrected chi connectivity index (χ1v) is 6.55. The molecule has 0 saturated carbocycles. The van der Waals surface area contributed by atoms with E-state index in [1.165, 1.54) is 17.5 Å². The standard InChI is InChI=1S/C7H4ClNO2S2/c8-13(10,11)7-5-2-4-12-6(5)1-3-9-7/h1-4H. The molecule has 0 spiro atoms. The molecule has 0 aliphatic rings. The lowest BCUT2D eigenvalue weighted by Gasteiger charge is -1.95. The summed E-state index contributed by atoms with van der Waals surface area (Å²) in [6.07, 6.45) is 1.44. The summed E-state index contributed by atoms with van der Waals surface area (Å²) < 4.78 is 23.0. The molecule has 2 heterocycles. The number of pyridine rings is 1. The van der Waals surface area contributed by atoms with Gasteiger partial charge in [0, 0.05) is 27.0 Å². The van der Waals surface area contributed by atoms with Crippen molar-refractivity contribution in [1.29, 1.82) is 0 Å². The van der Waals surface area contributed by atoms with E-state index in [1.54, 1.807) is 17.5 Å². The lowest BCUT2D eigenvalue weighted by Crippen LogP contribution is -1.94. The van der Waals surface area contributed by atoms with Crippen LogP contribution in [0.2, 0.25) is 0 Å². The average molecular weight is 234 g/mol. The molecule has 0 unspecified atom stereocenters. The van der Waals surface area contributed by atoms with Crippen molar-refractivity contribution in [3.63, 3.8) is 0 Å². The smallest absolute Gasteiger partial charge is 0.243 e. The first-order valence-electron chi connectivity index (χ1n) is 3.36. The second kappa shape index (κ2) is 2.94. The summed E-state index contributed by atoms with van der Waals surface area (Å²) in [6.45, 7) is 0. The van der Waals surface area contributed by atoms with Gasteiger partial charge in [0.1, 0.15) is 0 Å². The lowest BCUT2D eigenvalue weighted by molar-refractivity contribution is 0.607. The van der Waals surface area contributed by atoms with Crippen LogP contribution in [0.25, 0.3) is 10.1 Å². The van der Waals surface area contributed by atoms with Crippen molar-refractivity contribution in [2.24, 2.45) is 0 Å². The summed E-state index contributed by atoms with van der Waals surface area (Å²) in [6, 6.07) is 3.45. The van der Waals surface area contributed by atoms with Crippen molar-refractivity contribution < 1.29 is 8.42 Å². The number of hydrogen-bond donors (Lipinski definition) is 0. The van der Waals surface area contributed by atoms with Crippen molar-refractivity contribution in [3.05, 3.63) is 23.7 Å². The molecule has 0 fully saturated rings. The largest absolute Gasteiger partial charge is 0.279 e. The Morgan fingerprint density at radius 2 is 2.15 bits per heavy atom. The first-order chi connectivity index (χ1) is 6.09. The Kier molecular flexibility index (Phi) is 2.02. The number of rotatable bonds is 1. The van der Waals surface area contributed by atoms with Gasteiger partial charge in [-0.1, -0.05) is 0 Å². The summed E-state index contributed by atoms with van der Waals surface area (Å²) in [5, 5.41) is 2.33. The molecule has 0 aromatic carbocycles. The molecule has 0 aliphatic carbocycles. The van der Waals surface area contributed by atoms with Gasteiger partial charge in [-0.15, -0.1) is 11.3 Å². The number of hydrogen-bond acceptors (Lipinski definition) is 4. The van der Waals surface area contributed by atoms with Gasteiger partial charge in [-0.05, 0) is 17.5 Å². The van der Waals surface area contributed by atoms with Gasteiger partial charge in [0.05, 0.1) is 0 Å². The maximum Gasteiger partial charge on any atom is 0.279 e. The third-order valence-electron chi connectivity index (χ3n) is 1.57. The van der Waals surface area contributed by atoms with Gasteiger partial charge in [0.2, 0.25) is 0 Å². The number of fused-ring (bicyclic) bond motifs is 1. The van der Waals surface area contributed by atoms with Crippen LogP contribution in [0, 0.1) is 0 Å². The van der Waals surface area contributed by atoms with Crippen molar-refractivity contribution in [2.75, 3.05) is 0 Å². The molecular formula is C7H4ClNO2S2. The fourth-order valence-corrected chi connectivity index (χ4v) is 2.91. The molecule has 68 valence electrons. The summed E-state index contributed by atoms with van der Waals surface area (Å²) in [5.41, 5.74) is 0. The fourth-order valence-electron chi connectivity index (χ4n) is 1.06. The van der Waals surface area contributed by atoms with Crippen LogP contribution in [0.3, 0.4) is 0 Å². The van der Waals surface area contributed by atoms with E-state index in [9.17, 15) is 8.42 Å².